The third-order valence-electron chi connectivity index (χ3n) is 4.01. The van der Waals surface area contributed by atoms with Crippen molar-refractivity contribution in [2.45, 2.75) is 26.4 Å². The fourth-order valence-electron chi connectivity index (χ4n) is 2.55. The molecule has 0 bridgehead atoms. The van der Waals surface area contributed by atoms with Gasteiger partial charge in [0, 0.05) is 31.3 Å². The van der Waals surface area contributed by atoms with E-state index in [2.05, 4.69) is 6.92 Å². The number of piperidine rings is 1. The molecule has 1 saturated heterocycles. The number of ether oxygens (including phenoxy) is 1. The SMILES string of the molecule is COC1CN(C(=O)c2cccc(O)c2C)CCC1C. The molecule has 1 fully saturated rings. The molecule has 0 saturated carbocycles. The number of phenols is 1. The van der Waals surface area contributed by atoms with Gasteiger partial charge < -0.3 is 14.7 Å². The van der Waals surface area contributed by atoms with Crippen molar-refractivity contribution >= 4 is 5.91 Å². The average Bonchev–Trinajstić information content (AvgIpc) is 2.41. The number of amides is 1. The van der Waals surface area contributed by atoms with Gasteiger partial charge in [-0.05, 0) is 31.4 Å². The van der Waals surface area contributed by atoms with E-state index in [9.17, 15) is 9.90 Å². The number of methoxy groups -OCH3 is 1. The Hall–Kier alpha value is -1.55. The van der Waals surface area contributed by atoms with Crippen LogP contribution in [0, 0.1) is 12.8 Å². The molecule has 2 rings (SSSR count). The Morgan fingerprint density at radius 3 is 2.89 bits per heavy atom. The van der Waals surface area contributed by atoms with Crippen molar-refractivity contribution in [3.8, 4) is 5.75 Å². The maximum absolute atomic E-state index is 12.5. The first kappa shape index (κ1) is 13.9. The number of carbonyl (C=O) groups excluding carboxylic acids is 1. The molecule has 19 heavy (non-hydrogen) atoms. The standard InChI is InChI=1S/C15H21NO3/c1-10-7-8-16(9-14(10)19-3)15(18)12-5-4-6-13(17)11(12)2/h4-6,10,14,17H,7-9H2,1-3H3. The van der Waals surface area contributed by atoms with Gasteiger partial charge in [0.05, 0.1) is 6.10 Å². The molecule has 2 atom stereocenters. The second-order valence-electron chi connectivity index (χ2n) is 5.24. The number of carbonyl (C=O) groups is 1. The molecule has 1 aliphatic heterocycles. The van der Waals surface area contributed by atoms with Crippen LogP contribution in [0.15, 0.2) is 18.2 Å². The number of aromatic hydroxyl groups is 1. The third kappa shape index (κ3) is 2.73. The summed E-state index contributed by atoms with van der Waals surface area (Å²) in [6.45, 7) is 5.28. The normalized spacial score (nSPS) is 23.4. The van der Waals surface area contributed by atoms with Crippen molar-refractivity contribution in [3.63, 3.8) is 0 Å². The lowest BCUT2D eigenvalue weighted by Crippen LogP contribution is -2.46. The maximum atomic E-state index is 12.5. The second kappa shape index (κ2) is 5.61. The lowest BCUT2D eigenvalue weighted by atomic mass is 9.95. The topological polar surface area (TPSA) is 49.8 Å². The molecular formula is C15H21NO3. The highest BCUT2D eigenvalue weighted by Crippen LogP contribution is 2.24. The minimum atomic E-state index is -0.0256. The van der Waals surface area contributed by atoms with Crippen LogP contribution in [-0.4, -0.2) is 42.2 Å². The quantitative estimate of drug-likeness (QED) is 0.890. The summed E-state index contributed by atoms with van der Waals surface area (Å²) in [5.74, 6) is 0.612. The Morgan fingerprint density at radius 1 is 1.47 bits per heavy atom. The minimum absolute atomic E-state index is 0.0256. The van der Waals surface area contributed by atoms with E-state index in [-0.39, 0.29) is 17.8 Å². The molecule has 4 nitrogen and oxygen atoms in total. The van der Waals surface area contributed by atoms with Gasteiger partial charge in [0.2, 0.25) is 0 Å². The zero-order chi connectivity index (χ0) is 14.0. The Balaban J connectivity index is 2.18. The fraction of sp³-hybridized carbons (Fsp3) is 0.533. The zero-order valence-corrected chi connectivity index (χ0v) is 11.7. The van der Waals surface area contributed by atoms with Crippen LogP contribution in [0.2, 0.25) is 0 Å². The number of hydrogen-bond acceptors (Lipinski definition) is 3. The first-order valence-corrected chi connectivity index (χ1v) is 6.65. The van der Waals surface area contributed by atoms with E-state index in [4.69, 9.17) is 4.74 Å². The molecule has 0 aliphatic carbocycles. The van der Waals surface area contributed by atoms with Crippen molar-refractivity contribution in [3.05, 3.63) is 29.3 Å². The minimum Gasteiger partial charge on any atom is -0.508 e. The lowest BCUT2D eigenvalue weighted by molar-refractivity contribution is -0.00160. The van der Waals surface area contributed by atoms with Crippen molar-refractivity contribution < 1.29 is 14.6 Å². The molecular weight excluding hydrogens is 242 g/mol. The number of hydrogen-bond donors (Lipinski definition) is 1. The summed E-state index contributed by atoms with van der Waals surface area (Å²) in [5.41, 5.74) is 1.21. The van der Waals surface area contributed by atoms with Gasteiger partial charge in [-0.15, -0.1) is 0 Å². The van der Waals surface area contributed by atoms with Crippen LogP contribution < -0.4 is 0 Å². The summed E-state index contributed by atoms with van der Waals surface area (Å²) in [4.78, 5) is 14.3. The predicted molar refractivity (Wildman–Crippen MR) is 73.3 cm³/mol. The Labute approximate surface area is 114 Å². The Kier molecular flexibility index (Phi) is 4.10. The first-order chi connectivity index (χ1) is 9.04. The van der Waals surface area contributed by atoms with Crippen molar-refractivity contribution in [1.82, 2.24) is 4.90 Å². The molecule has 0 aromatic heterocycles. The summed E-state index contributed by atoms with van der Waals surface area (Å²) in [6, 6.07) is 5.07. The summed E-state index contributed by atoms with van der Waals surface area (Å²) in [6.07, 6.45) is 1.04. The Morgan fingerprint density at radius 2 is 2.21 bits per heavy atom. The molecule has 2 unspecified atom stereocenters. The van der Waals surface area contributed by atoms with Crippen LogP contribution in [0.3, 0.4) is 0 Å². The largest absolute Gasteiger partial charge is 0.508 e. The van der Waals surface area contributed by atoms with Crippen LogP contribution in [0.1, 0.15) is 29.3 Å². The van der Waals surface area contributed by atoms with Crippen molar-refractivity contribution in [2.75, 3.05) is 20.2 Å². The summed E-state index contributed by atoms with van der Waals surface area (Å²) in [5, 5.41) is 9.69. The summed E-state index contributed by atoms with van der Waals surface area (Å²) >= 11 is 0. The average molecular weight is 263 g/mol. The molecule has 104 valence electrons. The molecule has 1 heterocycles. The van der Waals surface area contributed by atoms with E-state index >= 15 is 0 Å². The smallest absolute Gasteiger partial charge is 0.254 e. The van der Waals surface area contributed by atoms with Gasteiger partial charge in [-0.25, -0.2) is 0 Å². The summed E-state index contributed by atoms with van der Waals surface area (Å²) in [7, 11) is 1.69. The van der Waals surface area contributed by atoms with E-state index < -0.39 is 0 Å². The number of rotatable bonds is 2. The molecule has 0 radical (unpaired) electrons. The van der Waals surface area contributed by atoms with E-state index in [1.807, 2.05) is 4.90 Å². The fourth-order valence-corrected chi connectivity index (χ4v) is 2.55. The molecule has 1 aromatic rings. The maximum Gasteiger partial charge on any atom is 0.254 e. The van der Waals surface area contributed by atoms with Gasteiger partial charge in [-0.3, -0.25) is 4.79 Å². The van der Waals surface area contributed by atoms with E-state index in [0.717, 1.165) is 13.0 Å². The zero-order valence-electron chi connectivity index (χ0n) is 11.7. The molecule has 0 spiro atoms. The summed E-state index contributed by atoms with van der Waals surface area (Å²) < 4.78 is 5.43. The highest BCUT2D eigenvalue weighted by atomic mass is 16.5. The van der Waals surface area contributed by atoms with Gasteiger partial charge >= 0.3 is 0 Å². The van der Waals surface area contributed by atoms with Gasteiger partial charge in [-0.1, -0.05) is 13.0 Å². The van der Waals surface area contributed by atoms with E-state index in [1.54, 1.807) is 32.2 Å². The van der Waals surface area contributed by atoms with Gasteiger partial charge in [0.1, 0.15) is 5.75 Å². The molecule has 4 heteroatoms. The molecule has 1 amide bonds. The van der Waals surface area contributed by atoms with Crippen LogP contribution in [0.25, 0.3) is 0 Å². The molecule has 1 aliphatic rings. The molecule has 1 aromatic carbocycles. The number of likely N-dealkylation sites (tertiary alicyclic amines) is 1. The van der Waals surface area contributed by atoms with Crippen LogP contribution >= 0.6 is 0 Å². The van der Waals surface area contributed by atoms with Gasteiger partial charge in [0.15, 0.2) is 0 Å². The van der Waals surface area contributed by atoms with Gasteiger partial charge in [-0.2, -0.15) is 0 Å². The Bertz CT molecular complexity index is 472. The van der Waals surface area contributed by atoms with Crippen molar-refractivity contribution in [2.24, 2.45) is 5.92 Å². The number of benzene rings is 1. The second-order valence-corrected chi connectivity index (χ2v) is 5.24. The van der Waals surface area contributed by atoms with E-state index in [0.29, 0.717) is 23.6 Å². The van der Waals surface area contributed by atoms with Crippen LogP contribution in [-0.2, 0) is 4.74 Å². The van der Waals surface area contributed by atoms with Gasteiger partial charge in [0.25, 0.3) is 5.91 Å². The van der Waals surface area contributed by atoms with E-state index in [1.165, 1.54) is 0 Å². The molecule has 1 N–H and O–H groups in total. The lowest BCUT2D eigenvalue weighted by Gasteiger charge is -2.36. The highest BCUT2D eigenvalue weighted by molar-refractivity contribution is 5.96. The highest BCUT2D eigenvalue weighted by Gasteiger charge is 2.29. The predicted octanol–water partition coefficient (Wildman–Crippen LogP) is 2.20. The first-order valence-electron chi connectivity index (χ1n) is 6.65. The van der Waals surface area contributed by atoms with Crippen LogP contribution in [0.5, 0.6) is 5.75 Å². The number of phenolic OH excluding ortho intramolecular Hbond substituents is 1. The van der Waals surface area contributed by atoms with Crippen molar-refractivity contribution in [1.29, 1.82) is 0 Å². The monoisotopic (exact) mass is 263 g/mol. The van der Waals surface area contributed by atoms with Crippen LogP contribution in [0.4, 0.5) is 0 Å². The number of nitrogens with zero attached hydrogens (tertiary/aromatic N) is 1. The third-order valence-corrected chi connectivity index (χ3v) is 4.01.